The molecule has 3 atom stereocenters. The van der Waals surface area contributed by atoms with Gasteiger partial charge in [-0.2, -0.15) is 0 Å². The molecule has 3 unspecified atom stereocenters. The molecule has 2 amide bonds. The Morgan fingerprint density at radius 2 is 1.70 bits per heavy atom. The van der Waals surface area contributed by atoms with E-state index in [9.17, 15) is 19.8 Å². The number of carbonyl (C=O) groups excluding carboxylic acids is 1. The maximum atomic E-state index is 12.8. The SMILES string of the molecule is O=C(NC(CO)Cc1ccccc1)C1CC(c2ccccc2)CN1C(=O)O. The van der Waals surface area contributed by atoms with Crippen molar-refractivity contribution in [3.05, 3.63) is 71.8 Å². The van der Waals surface area contributed by atoms with Crippen molar-refractivity contribution in [2.24, 2.45) is 0 Å². The van der Waals surface area contributed by atoms with Crippen molar-refractivity contribution < 1.29 is 19.8 Å². The quantitative estimate of drug-likeness (QED) is 0.729. The van der Waals surface area contributed by atoms with Gasteiger partial charge in [0.1, 0.15) is 6.04 Å². The zero-order valence-electron chi connectivity index (χ0n) is 15.0. The largest absolute Gasteiger partial charge is 0.465 e. The molecule has 1 heterocycles. The van der Waals surface area contributed by atoms with Crippen LogP contribution in [0.4, 0.5) is 4.79 Å². The zero-order chi connectivity index (χ0) is 19.2. The van der Waals surface area contributed by atoms with Gasteiger partial charge >= 0.3 is 6.09 Å². The van der Waals surface area contributed by atoms with E-state index in [4.69, 9.17) is 0 Å². The minimum atomic E-state index is -1.10. The maximum absolute atomic E-state index is 12.8. The topological polar surface area (TPSA) is 89.9 Å². The third kappa shape index (κ3) is 4.65. The molecule has 2 aromatic carbocycles. The smallest absolute Gasteiger partial charge is 0.408 e. The molecule has 1 aliphatic rings. The fraction of sp³-hybridized carbons (Fsp3) is 0.333. The average molecular weight is 368 g/mol. The highest BCUT2D eigenvalue weighted by atomic mass is 16.4. The van der Waals surface area contributed by atoms with E-state index in [-0.39, 0.29) is 18.4 Å². The number of benzene rings is 2. The van der Waals surface area contributed by atoms with Crippen LogP contribution in [-0.4, -0.2) is 52.3 Å². The Morgan fingerprint density at radius 3 is 2.30 bits per heavy atom. The van der Waals surface area contributed by atoms with Crippen LogP contribution in [0.3, 0.4) is 0 Å². The van der Waals surface area contributed by atoms with Gasteiger partial charge in [0, 0.05) is 12.5 Å². The molecule has 0 spiro atoms. The Labute approximate surface area is 158 Å². The third-order valence-corrected chi connectivity index (χ3v) is 5.01. The Kier molecular flexibility index (Phi) is 6.08. The summed E-state index contributed by atoms with van der Waals surface area (Å²) in [5, 5.41) is 22.0. The molecule has 6 heteroatoms. The van der Waals surface area contributed by atoms with Gasteiger partial charge < -0.3 is 15.5 Å². The molecule has 3 N–H and O–H groups in total. The van der Waals surface area contributed by atoms with Gasteiger partial charge in [-0.3, -0.25) is 9.69 Å². The third-order valence-electron chi connectivity index (χ3n) is 5.01. The number of nitrogens with zero attached hydrogens (tertiary/aromatic N) is 1. The summed E-state index contributed by atoms with van der Waals surface area (Å²) in [6, 6.07) is 18.0. The van der Waals surface area contributed by atoms with E-state index in [2.05, 4.69) is 5.32 Å². The summed E-state index contributed by atoms with van der Waals surface area (Å²) in [5.41, 5.74) is 2.03. The van der Waals surface area contributed by atoms with E-state index in [1.54, 1.807) is 0 Å². The molecule has 1 aliphatic heterocycles. The first kappa shape index (κ1) is 18.9. The standard InChI is InChI=1S/C21H24N2O4/c24-14-18(11-15-7-3-1-4-8-15)22-20(25)19-12-17(13-23(19)21(26)27)16-9-5-2-6-10-16/h1-10,17-19,24H,11-14H2,(H,22,25)(H,26,27). The van der Waals surface area contributed by atoms with Crippen LogP contribution in [0.15, 0.2) is 60.7 Å². The number of likely N-dealkylation sites (tertiary alicyclic amines) is 1. The summed E-state index contributed by atoms with van der Waals surface area (Å²) in [7, 11) is 0. The second-order valence-electron chi connectivity index (χ2n) is 6.87. The van der Waals surface area contributed by atoms with Crippen LogP contribution >= 0.6 is 0 Å². The van der Waals surface area contributed by atoms with Crippen molar-refractivity contribution in [2.75, 3.05) is 13.2 Å². The zero-order valence-corrected chi connectivity index (χ0v) is 15.0. The monoisotopic (exact) mass is 368 g/mol. The Hall–Kier alpha value is -2.86. The minimum Gasteiger partial charge on any atom is -0.465 e. The Morgan fingerprint density at radius 1 is 1.07 bits per heavy atom. The number of carbonyl (C=O) groups is 2. The van der Waals surface area contributed by atoms with E-state index < -0.39 is 18.2 Å². The predicted molar refractivity (Wildman–Crippen MR) is 101 cm³/mol. The molecular formula is C21H24N2O4. The van der Waals surface area contributed by atoms with Crippen LogP contribution in [0, 0.1) is 0 Å². The molecular weight excluding hydrogens is 344 g/mol. The second kappa shape index (κ2) is 8.68. The number of aliphatic hydroxyl groups excluding tert-OH is 1. The van der Waals surface area contributed by atoms with Crippen molar-refractivity contribution >= 4 is 12.0 Å². The molecule has 1 saturated heterocycles. The number of rotatable bonds is 6. The van der Waals surface area contributed by atoms with Gasteiger partial charge in [0.05, 0.1) is 12.6 Å². The Balaban J connectivity index is 1.68. The van der Waals surface area contributed by atoms with Crippen LogP contribution in [0.1, 0.15) is 23.5 Å². The predicted octanol–water partition coefficient (Wildman–Crippen LogP) is 2.24. The minimum absolute atomic E-state index is 0.0141. The van der Waals surface area contributed by atoms with Crippen molar-refractivity contribution in [3.8, 4) is 0 Å². The summed E-state index contributed by atoms with van der Waals surface area (Å²) >= 11 is 0. The lowest BCUT2D eigenvalue weighted by Crippen LogP contribution is -2.50. The molecule has 142 valence electrons. The van der Waals surface area contributed by atoms with Gasteiger partial charge in [-0.1, -0.05) is 60.7 Å². The van der Waals surface area contributed by atoms with E-state index in [0.717, 1.165) is 11.1 Å². The van der Waals surface area contributed by atoms with Crippen LogP contribution in [0.25, 0.3) is 0 Å². The van der Waals surface area contributed by atoms with Gasteiger partial charge in [0.15, 0.2) is 0 Å². The van der Waals surface area contributed by atoms with E-state index in [1.807, 2.05) is 60.7 Å². The van der Waals surface area contributed by atoms with Gasteiger partial charge in [-0.15, -0.1) is 0 Å². The number of amides is 2. The van der Waals surface area contributed by atoms with Crippen molar-refractivity contribution in [3.63, 3.8) is 0 Å². The van der Waals surface area contributed by atoms with Gasteiger partial charge in [0.25, 0.3) is 0 Å². The number of nitrogens with one attached hydrogen (secondary N) is 1. The molecule has 0 radical (unpaired) electrons. The molecule has 0 aromatic heterocycles. The fourth-order valence-corrected chi connectivity index (χ4v) is 3.62. The number of hydrogen-bond acceptors (Lipinski definition) is 3. The van der Waals surface area contributed by atoms with Gasteiger partial charge in [-0.05, 0) is 24.0 Å². The molecule has 0 saturated carbocycles. The highest BCUT2D eigenvalue weighted by Gasteiger charge is 2.40. The average Bonchev–Trinajstić information content (AvgIpc) is 3.15. The van der Waals surface area contributed by atoms with Crippen LogP contribution < -0.4 is 5.32 Å². The molecule has 27 heavy (non-hydrogen) atoms. The summed E-state index contributed by atoms with van der Waals surface area (Å²) in [6.45, 7) is 0.0858. The molecule has 0 aliphatic carbocycles. The van der Waals surface area contributed by atoms with Crippen molar-refractivity contribution in [2.45, 2.75) is 30.8 Å². The molecule has 3 rings (SSSR count). The Bertz CT molecular complexity index is 766. The maximum Gasteiger partial charge on any atom is 0.408 e. The molecule has 6 nitrogen and oxygen atoms in total. The molecule has 1 fully saturated rings. The van der Waals surface area contributed by atoms with E-state index in [0.29, 0.717) is 19.4 Å². The van der Waals surface area contributed by atoms with E-state index in [1.165, 1.54) is 4.90 Å². The normalized spacial score (nSPS) is 20.3. The number of carboxylic acid groups (broad SMARTS) is 1. The second-order valence-corrected chi connectivity index (χ2v) is 6.87. The first-order valence-corrected chi connectivity index (χ1v) is 9.08. The first-order valence-electron chi connectivity index (χ1n) is 9.08. The molecule has 0 bridgehead atoms. The van der Waals surface area contributed by atoms with Crippen LogP contribution in [-0.2, 0) is 11.2 Å². The van der Waals surface area contributed by atoms with Crippen LogP contribution in [0.2, 0.25) is 0 Å². The van der Waals surface area contributed by atoms with Gasteiger partial charge in [-0.25, -0.2) is 4.79 Å². The summed E-state index contributed by atoms with van der Waals surface area (Å²) in [6.07, 6.45) is -0.173. The summed E-state index contributed by atoms with van der Waals surface area (Å²) in [5.74, 6) is -0.370. The lowest BCUT2D eigenvalue weighted by Gasteiger charge is -2.23. The van der Waals surface area contributed by atoms with Crippen molar-refractivity contribution in [1.29, 1.82) is 0 Å². The summed E-state index contributed by atoms with van der Waals surface area (Å²) < 4.78 is 0. The highest BCUT2D eigenvalue weighted by molar-refractivity contribution is 5.86. The highest BCUT2D eigenvalue weighted by Crippen LogP contribution is 2.32. The van der Waals surface area contributed by atoms with Crippen LogP contribution in [0.5, 0.6) is 0 Å². The lowest BCUT2D eigenvalue weighted by molar-refractivity contribution is -0.126. The van der Waals surface area contributed by atoms with Gasteiger partial charge in [0.2, 0.25) is 5.91 Å². The summed E-state index contributed by atoms with van der Waals surface area (Å²) in [4.78, 5) is 25.6. The number of hydrogen-bond donors (Lipinski definition) is 3. The van der Waals surface area contributed by atoms with E-state index >= 15 is 0 Å². The molecule has 2 aromatic rings. The lowest BCUT2D eigenvalue weighted by atomic mass is 9.96. The van der Waals surface area contributed by atoms with Crippen molar-refractivity contribution in [1.82, 2.24) is 10.2 Å². The fourth-order valence-electron chi connectivity index (χ4n) is 3.62. The first-order chi connectivity index (χ1) is 13.1. The number of aliphatic hydroxyl groups is 1.